The lowest BCUT2D eigenvalue weighted by atomic mass is 9.88. The van der Waals surface area contributed by atoms with Crippen molar-refractivity contribution in [2.24, 2.45) is 0 Å². The molecule has 0 bridgehead atoms. The van der Waals surface area contributed by atoms with Gasteiger partial charge >= 0.3 is 53.6 Å². The first-order valence-corrected chi connectivity index (χ1v) is 7.57. The van der Waals surface area contributed by atoms with Crippen LogP contribution in [0.4, 0.5) is 74.6 Å². The lowest BCUT2D eigenvalue weighted by Crippen LogP contribution is -2.74. The third-order valence-corrected chi connectivity index (χ3v) is 3.74. The lowest BCUT2D eigenvalue weighted by molar-refractivity contribution is -0.461. The monoisotopic (exact) mass is 520 g/mol. The predicted molar refractivity (Wildman–Crippen MR) is 66.6 cm³/mol. The van der Waals surface area contributed by atoms with Crippen LogP contribution in [0.5, 0.6) is 0 Å². The number of esters is 1. The highest BCUT2D eigenvalue weighted by atomic mass is 19.4. The maximum Gasteiger partial charge on any atom is 0.460 e. The molecule has 0 aliphatic heterocycles. The number of alkyl halides is 17. The molecule has 192 valence electrons. The molecule has 19 heteroatoms. The first-order chi connectivity index (χ1) is 13.7. The summed E-state index contributed by atoms with van der Waals surface area (Å²) in [6, 6.07) is 0. The Morgan fingerprint density at radius 2 is 0.875 bits per heavy atom. The summed E-state index contributed by atoms with van der Waals surface area (Å²) in [6.07, 6.45) is -12.6. The van der Waals surface area contributed by atoms with Crippen molar-refractivity contribution >= 4 is 5.97 Å². The normalized spacial score (nSPS) is 15.7. The van der Waals surface area contributed by atoms with Crippen LogP contribution in [-0.4, -0.2) is 60.2 Å². The smallest absolute Gasteiger partial charge is 0.460 e. The summed E-state index contributed by atoms with van der Waals surface area (Å²) in [5.41, 5.74) is 0. The molecule has 0 saturated heterocycles. The quantitative estimate of drug-likeness (QED) is 0.249. The minimum atomic E-state index is -8.66. The van der Waals surface area contributed by atoms with Gasteiger partial charge < -0.3 is 4.74 Å². The van der Waals surface area contributed by atoms with Gasteiger partial charge in [0.15, 0.2) is 0 Å². The van der Waals surface area contributed by atoms with E-state index >= 15 is 0 Å². The Bertz CT molecular complexity index is 678. The third kappa shape index (κ3) is 4.26. The molecule has 0 spiro atoms. The molecule has 0 aliphatic carbocycles. The number of carbonyl (C=O) groups is 1. The Labute approximate surface area is 165 Å². The fourth-order valence-electron chi connectivity index (χ4n) is 1.85. The van der Waals surface area contributed by atoms with Gasteiger partial charge in [-0.1, -0.05) is 0 Å². The van der Waals surface area contributed by atoms with Gasteiger partial charge in [-0.15, -0.1) is 0 Å². The van der Waals surface area contributed by atoms with Crippen molar-refractivity contribution < 1.29 is 84.2 Å². The number of halogens is 17. The van der Waals surface area contributed by atoms with E-state index in [1.54, 1.807) is 0 Å². The van der Waals surface area contributed by atoms with E-state index < -0.39 is 73.1 Å². The molecule has 0 heterocycles. The second-order valence-electron chi connectivity index (χ2n) is 5.95. The minimum Gasteiger partial charge on any atom is -0.466 e. The zero-order valence-electron chi connectivity index (χ0n) is 14.9. The molecule has 0 aromatic carbocycles. The molecule has 0 unspecified atom stereocenters. The molecular formula is C13H9F17O2. The van der Waals surface area contributed by atoms with Crippen LogP contribution in [0.2, 0.25) is 0 Å². The Hall–Kier alpha value is -1.72. The molecule has 0 atom stereocenters. The van der Waals surface area contributed by atoms with Crippen LogP contribution < -0.4 is 0 Å². The molecule has 32 heavy (non-hydrogen) atoms. The molecule has 0 saturated carbocycles. The number of rotatable bonds is 10. The van der Waals surface area contributed by atoms with E-state index in [1.165, 1.54) is 0 Å². The maximum atomic E-state index is 13.4. The molecule has 0 radical (unpaired) electrons. The Morgan fingerprint density at radius 3 is 1.19 bits per heavy atom. The van der Waals surface area contributed by atoms with E-state index in [-0.39, 0.29) is 0 Å². The van der Waals surface area contributed by atoms with Gasteiger partial charge in [-0.25, -0.2) is 0 Å². The maximum absolute atomic E-state index is 13.4. The summed E-state index contributed by atoms with van der Waals surface area (Å²) in [6.45, 7) is 0.433. The van der Waals surface area contributed by atoms with E-state index in [4.69, 9.17) is 0 Å². The molecule has 0 aliphatic rings. The zero-order valence-corrected chi connectivity index (χ0v) is 14.9. The van der Waals surface area contributed by atoms with E-state index in [0.29, 0.717) is 0 Å². The largest absolute Gasteiger partial charge is 0.466 e. The number of hydrogen-bond acceptors (Lipinski definition) is 2. The van der Waals surface area contributed by atoms with Crippen LogP contribution in [-0.2, 0) is 9.53 Å². The first-order valence-electron chi connectivity index (χ1n) is 7.57. The second-order valence-corrected chi connectivity index (χ2v) is 5.95. The average molecular weight is 520 g/mol. The summed E-state index contributed by atoms with van der Waals surface area (Å²) in [7, 11) is 0. The fourth-order valence-corrected chi connectivity index (χ4v) is 1.85. The summed E-state index contributed by atoms with van der Waals surface area (Å²) in [4.78, 5) is 10.8. The average Bonchev–Trinajstić information content (AvgIpc) is 2.58. The van der Waals surface area contributed by atoms with Gasteiger partial charge in [0.1, 0.15) is 0 Å². The van der Waals surface area contributed by atoms with Crippen molar-refractivity contribution in [3.05, 3.63) is 0 Å². The molecule has 0 aromatic rings. The van der Waals surface area contributed by atoms with Crippen molar-refractivity contribution in [1.82, 2.24) is 0 Å². The third-order valence-electron chi connectivity index (χ3n) is 3.74. The van der Waals surface area contributed by atoms with Crippen molar-refractivity contribution in [3.8, 4) is 0 Å². The zero-order chi connectivity index (χ0) is 26.4. The topological polar surface area (TPSA) is 26.3 Å². The summed E-state index contributed by atoms with van der Waals surface area (Å²) in [5.74, 6) is -58.5. The van der Waals surface area contributed by atoms with Crippen LogP contribution >= 0.6 is 0 Å². The molecule has 0 fully saturated rings. The van der Waals surface area contributed by atoms with Crippen LogP contribution in [0.15, 0.2) is 0 Å². The number of hydrogen-bond donors (Lipinski definition) is 0. The van der Waals surface area contributed by atoms with Crippen molar-refractivity contribution in [2.75, 3.05) is 6.61 Å². The van der Waals surface area contributed by atoms with Crippen LogP contribution in [0, 0.1) is 0 Å². The molecule has 0 rings (SSSR count). The lowest BCUT2D eigenvalue weighted by Gasteiger charge is -2.42. The number of carbonyl (C=O) groups excluding carboxylic acids is 1. The molecule has 0 N–H and O–H groups in total. The molecule has 0 amide bonds. The number of ether oxygens (including phenoxy) is 1. The first kappa shape index (κ1) is 30.3. The molecule has 0 aromatic heterocycles. The second kappa shape index (κ2) is 8.25. The van der Waals surface area contributed by atoms with E-state index in [9.17, 15) is 79.4 Å². The van der Waals surface area contributed by atoms with Gasteiger partial charge in [0.2, 0.25) is 0 Å². The van der Waals surface area contributed by atoms with Gasteiger partial charge in [0.05, 0.1) is 13.0 Å². The Balaban J connectivity index is 6.44. The summed E-state index contributed by atoms with van der Waals surface area (Å²) in [5, 5.41) is 0. The standard InChI is InChI=1S/C13H9F17O2/c1-2-32-5(31)3-4-6(14,15)7(16,17)8(18,19)9(20,21)10(22,23)11(24,25)12(26,27)13(28,29)30/h2-4H2,1H3. The van der Waals surface area contributed by atoms with Crippen LogP contribution in [0.1, 0.15) is 19.8 Å². The SMILES string of the molecule is CCOC(=O)CCC(F)(F)C(F)(F)C(F)(F)C(F)(F)C(F)(F)C(F)(F)C(F)(F)C(F)(F)F. The van der Waals surface area contributed by atoms with E-state index in [1.807, 2.05) is 0 Å². The highest BCUT2D eigenvalue weighted by Gasteiger charge is 2.95. The van der Waals surface area contributed by atoms with Crippen molar-refractivity contribution in [3.63, 3.8) is 0 Å². The van der Waals surface area contributed by atoms with Gasteiger partial charge in [0, 0.05) is 6.42 Å². The van der Waals surface area contributed by atoms with Gasteiger partial charge in [-0.05, 0) is 6.92 Å². The van der Waals surface area contributed by atoms with E-state index in [0.717, 1.165) is 6.92 Å². The van der Waals surface area contributed by atoms with Crippen molar-refractivity contribution in [2.45, 2.75) is 67.4 Å². The Morgan fingerprint density at radius 1 is 0.562 bits per heavy atom. The molecular weight excluding hydrogens is 511 g/mol. The fraction of sp³-hybridized carbons (Fsp3) is 0.923. The van der Waals surface area contributed by atoms with Gasteiger partial charge in [-0.2, -0.15) is 74.6 Å². The highest BCUT2D eigenvalue weighted by Crippen LogP contribution is 2.64. The van der Waals surface area contributed by atoms with Crippen molar-refractivity contribution in [1.29, 1.82) is 0 Å². The van der Waals surface area contributed by atoms with Crippen LogP contribution in [0.3, 0.4) is 0 Å². The highest BCUT2D eigenvalue weighted by molar-refractivity contribution is 5.69. The summed E-state index contributed by atoms with van der Waals surface area (Å²) < 4.78 is 225. The van der Waals surface area contributed by atoms with E-state index in [2.05, 4.69) is 4.74 Å². The van der Waals surface area contributed by atoms with Crippen LogP contribution in [0.25, 0.3) is 0 Å². The summed E-state index contributed by atoms with van der Waals surface area (Å²) >= 11 is 0. The van der Waals surface area contributed by atoms with Gasteiger partial charge in [-0.3, -0.25) is 4.79 Å². The Kier molecular flexibility index (Phi) is 7.81. The predicted octanol–water partition coefficient (Wildman–Crippen LogP) is 6.34. The minimum absolute atomic E-state index is 0.594. The van der Waals surface area contributed by atoms with Gasteiger partial charge in [0.25, 0.3) is 0 Å². The molecule has 2 nitrogen and oxygen atoms in total.